The van der Waals surface area contributed by atoms with Gasteiger partial charge in [-0.3, -0.25) is 4.79 Å². The van der Waals surface area contributed by atoms with Crippen LogP contribution in [0.1, 0.15) is 23.3 Å². The highest BCUT2D eigenvalue weighted by Crippen LogP contribution is 2.10. The number of nitrogens with zero attached hydrogens (tertiary/aromatic N) is 2. The largest absolute Gasteiger partial charge is 0.351 e. The minimum absolute atomic E-state index is 0. The van der Waals surface area contributed by atoms with Crippen LogP contribution in [0, 0.1) is 5.92 Å². The fraction of sp³-hybridized carbons (Fsp3) is 0.667. The summed E-state index contributed by atoms with van der Waals surface area (Å²) in [7, 11) is 0. The van der Waals surface area contributed by atoms with Crippen molar-refractivity contribution in [3.63, 3.8) is 0 Å². The molecule has 2 N–H and O–H groups in total. The summed E-state index contributed by atoms with van der Waals surface area (Å²) in [6.07, 6.45) is 3.75. The van der Waals surface area contributed by atoms with Gasteiger partial charge in [-0.2, -0.15) is 8.75 Å². The molecule has 1 aliphatic heterocycles. The molecule has 1 saturated heterocycles. The molecule has 1 unspecified atom stereocenters. The van der Waals surface area contributed by atoms with Crippen molar-refractivity contribution in [2.75, 3.05) is 19.6 Å². The average Bonchev–Trinajstić information content (AvgIpc) is 2.90. The Kier molecular flexibility index (Phi) is 5.65. The van der Waals surface area contributed by atoms with E-state index in [1.54, 1.807) is 0 Å². The van der Waals surface area contributed by atoms with Crippen molar-refractivity contribution in [3.8, 4) is 0 Å². The van der Waals surface area contributed by atoms with Gasteiger partial charge in [0, 0.05) is 6.54 Å². The Balaban J connectivity index is 0.00000128. The Hall–Kier alpha value is -0.720. The van der Waals surface area contributed by atoms with E-state index in [9.17, 15) is 4.79 Å². The average molecular weight is 263 g/mol. The highest BCUT2D eigenvalue weighted by atomic mass is 35.5. The molecule has 1 aromatic rings. The maximum Gasteiger partial charge on any atom is 0.272 e. The molecule has 1 aromatic heterocycles. The summed E-state index contributed by atoms with van der Waals surface area (Å²) in [5.41, 5.74) is 0.421. The van der Waals surface area contributed by atoms with Crippen LogP contribution >= 0.6 is 24.1 Å². The van der Waals surface area contributed by atoms with Gasteiger partial charge in [0.2, 0.25) is 0 Å². The Bertz CT molecular complexity index is 313. The Morgan fingerprint density at radius 3 is 3.19 bits per heavy atom. The van der Waals surface area contributed by atoms with Gasteiger partial charge in [0.25, 0.3) is 5.91 Å². The van der Waals surface area contributed by atoms with Gasteiger partial charge in [0.05, 0.1) is 17.9 Å². The molecule has 0 aliphatic carbocycles. The molecule has 5 nitrogen and oxygen atoms in total. The molecular weight excluding hydrogens is 248 g/mol. The maximum absolute atomic E-state index is 11.5. The zero-order valence-electron chi connectivity index (χ0n) is 8.81. The Labute approximate surface area is 105 Å². The zero-order chi connectivity index (χ0) is 10.5. The van der Waals surface area contributed by atoms with Crippen molar-refractivity contribution < 1.29 is 4.79 Å². The standard InChI is InChI=1S/C9H14N4OS.ClH/c14-9(8-6-12-15-13-8)11-4-2-7-1-3-10-5-7;/h6-7,10H,1-5H2,(H,11,14);1H. The van der Waals surface area contributed by atoms with Crippen molar-refractivity contribution in [1.29, 1.82) is 0 Å². The smallest absolute Gasteiger partial charge is 0.272 e. The number of aromatic nitrogens is 2. The van der Waals surface area contributed by atoms with Crippen LogP contribution in [0.15, 0.2) is 6.20 Å². The molecule has 0 radical (unpaired) electrons. The summed E-state index contributed by atoms with van der Waals surface area (Å²) in [5, 5.41) is 6.15. The van der Waals surface area contributed by atoms with Gasteiger partial charge < -0.3 is 10.6 Å². The summed E-state index contributed by atoms with van der Waals surface area (Å²) in [6, 6.07) is 0. The predicted octanol–water partition coefficient (Wildman–Crippen LogP) is 0.689. The predicted molar refractivity (Wildman–Crippen MR) is 65.1 cm³/mol. The molecule has 2 heterocycles. The lowest BCUT2D eigenvalue weighted by atomic mass is 10.1. The topological polar surface area (TPSA) is 66.9 Å². The van der Waals surface area contributed by atoms with Crippen LogP contribution in [0.3, 0.4) is 0 Å². The number of rotatable bonds is 4. The lowest BCUT2D eigenvalue weighted by molar-refractivity contribution is 0.0947. The van der Waals surface area contributed by atoms with Crippen LogP contribution < -0.4 is 10.6 Å². The first kappa shape index (κ1) is 13.3. The fourth-order valence-corrected chi connectivity index (χ4v) is 2.12. The van der Waals surface area contributed by atoms with E-state index in [2.05, 4.69) is 19.4 Å². The zero-order valence-corrected chi connectivity index (χ0v) is 10.4. The molecule has 2 rings (SSSR count). The van der Waals surface area contributed by atoms with Gasteiger partial charge in [0.1, 0.15) is 0 Å². The third kappa shape index (κ3) is 3.70. The molecule has 1 atom stereocenters. The van der Waals surface area contributed by atoms with Crippen LogP contribution in [-0.2, 0) is 0 Å². The van der Waals surface area contributed by atoms with Crippen molar-refractivity contribution in [2.45, 2.75) is 12.8 Å². The van der Waals surface area contributed by atoms with Gasteiger partial charge in [-0.25, -0.2) is 0 Å². The van der Waals surface area contributed by atoms with E-state index in [0.717, 1.165) is 37.8 Å². The number of amides is 1. The maximum atomic E-state index is 11.5. The van der Waals surface area contributed by atoms with E-state index in [1.807, 2.05) is 0 Å². The second-order valence-electron chi connectivity index (χ2n) is 3.70. The van der Waals surface area contributed by atoms with Gasteiger partial charge in [-0.15, -0.1) is 12.4 Å². The first-order valence-electron chi connectivity index (χ1n) is 5.13. The molecule has 1 aliphatic rings. The van der Waals surface area contributed by atoms with Gasteiger partial charge in [0.15, 0.2) is 5.69 Å². The van der Waals surface area contributed by atoms with Crippen LogP contribution in [0.25, 0.3) is 0 Å². The number of carbonyl (C=O) groups excluding carboxylic acids is 1. The van der Waals surface area contributed by atoms with E-state index < -0.39 is 0 Å². The van der Waals surface area contributed by atoms with Crippen LogP contribution in [0.5, 0.6) is 0 Å². The van der Waals surface area contributed by atoms with Gasteiger partial charge in [-0.05, 0) is 31.8 Å². The van der Waals surface area contributed by atoms with Crippen LogP contribution in [-0.4, -0.2) is 34.3 Å². The molecule has 0 saturated carbocycles. The summed E-state index contributed by atoms with van der Waals surface area (Å²) in [6.45, 7) is 2.91. The normalized spacial score (nSPS) is 19.1. The summed E-state index contributed by atoms with van der Waals surface area (Å²) >= 11 is 1.06. The molecule has 0 spiro atoms. The number of nitrogens with one attached hydrogen (secondary N) is 2. The summed E-state index contributed by atoms with van der Waals surface area (Å²) in [4.78, 5) is 11.5. The minimum Gasteiger partial charge on any atom is -0.351 e. The second-order valence-corrected chi connectivity index (χ2v) is 4.25. The van der Waals surface area contributed by atoms with Crippen molar-refractivity contribution in [2.24, 2.45) is 5.92 Å². The number of hydrogen-bond acceptors (Lipinski definition) is 5. The van der Waals surface area contributed by atoms with E-state index >= 15 is 0 Å². The monoisotopic (exact) mass is 262 g/mol. The minimum atomic E-state index is -0.116. The third-order valence-corrected chi connectivity index (χ3v) is 3.07. The van der Waals surface area contributed by atoms with Crippen LogP contribution in [0.4, 0.5) is 0 Å². The Morgan fingerprint density at radius 1 is 1.69 bits per heavy atom. The lowest BCUT2D eigenvalue weighted by Gasteiger charge is -2.07. The van der Waals surface area contributed by atoms with E-state index in [4.69, 9.17) is 0 Å². The number of carbonyl (C=O) groups is 1. The quantitative estimate of drug-likeness (QED) is 0.838. The van der Waals surface area contributed by atoms with E-state index in [0.29, 0.717) is 11.6 Å². The molecule has 90 valence electrons. The number of halogens is 1. The van der Waals surface area contributed by atoms with E-state index in [-0.39, 0.29) is 18.3 Å². The SMILES string of the molecule is Cl.O=C(NCCC1CCNC1)c1cnsn1. The molecule has 7 heteroatoms. The number of hydrogen-bond donors (Lipinski definition) is 2. The summed E-state index contributed by atoms with van der Waals surface area (Å²) < 4.78 is 7.66. The molecule has 1 fully saturated rings. The summed E-state index contributed by atoms with van der Waals surface area (Å²) in [5.74, 6) is 0.591. The highest BCUT2D eigenvalue weighted by molar-refractivity contribution is 6.99. The lowest BCUT2D eigenvalue weighted by Crippen LogP contribution is -2.26. The molecule has 0 aromatic carbocycles. The molecule has 16 heavy (non-hydrogen) atoms. The molecule has 1 amide bonds. The first-order valence-corrected chi connectivity index (χ1v) is 5.86. The fourth-order valence-electron chi connectivity index (χ4n) is 1.71. The second kappa shape index (κ2) is 6.78. The van der Waals surface area contributed by atoms with Crippen LogP contribution in [0.2, 0.25) is 0 Å². The molecular formula is C9H15ClN4OS. The Morgan fingerprint density at radius 2 is 2.56 bits per heavy atom. The molecule has 0 bridgehead atoms. The van der Waals surface area contributed by atoms with Crippen molar-refractivity contribution in [3.05, 3.63) is 11.9 Å². The van der Waals surface area contributed by atoms with Crippen molar-refractivity contribution >= 4 is 30.0 Å². The highest BCUT2D eigenvalue weighted by Gasteiger charge is 2.14. The third-order valence-electron chi connectivity index (χ3n) is 2.59. The van der Waals surface area contributed by atoms with E-state index in [1.165, 1.54) is 12.6 Å². The van der Waals surface area contributed by atoms with Crippen molar-refractivity contribution in [1.82, 2.24) is 19.4 Å². The van der Waals surface area contributed by atoms with Gasteiger partial charge in [-0.1, -0.05) is 0 Å². The van der Waals surface area contributed by atoms with Gasteiger partial charge >= 0.3 is 0 Å². The first-order chi connectivity index (χ1) is 7.36.